The highest BCUT2D eigenvalue weighted by Crippen LogP contribution is 2.43. The lowest BCUT2D eigenvalue weighted by Crippen LogP contribution is -2.54. The van der Waals surface area contributed by atoms with Crippen molar-refractivity contribution in [2.45, 2.75) is 83.0 Å². The van der Waals surface area contributed by atoms with E-state index in [0.29, 0.717) is 19.3 Å². The first-order chi connectivity index (χ1) is 10.0. The minimum atomic E-state index is -2.11. The van der Waals surface area contributed by atoms with Crippen LogP contribution in [0.15, 0.2) is 0 Å². The zero-order valence-corrected chi connectivity index (χ0v) is 15.4. The Morgan fingerprint density at radius 3 is 2.55 bits per heavy atom. The van der Waals surface area contributed by atoms with E-state index >= 15 is 0 Å². The van der Waals surface area contributed by atoms with Crippen LogP contribution in [0.3, 0.4) is 0 Å². The third-order valence-corrected chi connectivity index (χ3v) is 9.49. The molecule has 0 bridgehead atoms. The van der Waals surface area contributed by atoms with Crippen LogP contribution in [-0.4, -0.2) is 36.5 Å². The summed E-state index contributed by atoms with van der Waals surface area (Å²) in [7, 11) is -2.11. The van der Waals surface area contributed by atoms with Crippen LogP contribution in [-0.2, 0) is 14.0 Å². The highest BCUT2D eigenvalue weighted by molar-refractivity contribution is 6.74. The van der Waals surface area contributed by atoms with Crippen LogP contribution in [0.5, 0.6) is 0 Å². The van der Waals surface area contributed by atoms with Gasteiger partial charge in [0.25, 0.3) is 0 Å². The molecule has 0 heterocycles. The standard InChI is InChI=1S/C16H28N2O3Si/c1-15(2,3)22(4,5)21-16(10-7-6-8-14(16)20)11-9-13(19)12-18-17/h12H,6-11H2,1-5H3. The monoisotopic (exact) mass is 324 g/mol. The molecule has 1 fully saturated rings. The molecule has 6 heteroatoms. The molecule has 0 radical (unpaired) electrons. The van der Waals surface area contributed by atoms with E-state index in [2.05, 4.69) is 38.7 Å². The topological polar surface area (TPSA) is 79.8 Å². The first-order valence-electron chi connectivity index (χ1n) is 7.98. The maximum Gasteiger partial charge on any atom is 0.323 e. The Bertz CT molecular complexity index is 490. The van der Waals surface area contributed by atoms with Crippen molar-refractivity contribution in [3.8, 4) is 0 Å². The number of rotatable bonds is 6. The average Bonchev–Trinajstić information content (AvgIpc) is 2.38. The van der Waals surface area contributed by atoms with E-state index in [9.17, 15) is 9.59 Å². The Labute approximate surface area is 134 Å². The second-order valence-electron chi connectivity index (χ2n) is 7.70. The molecule has 0 aromatic heterocycles. The van der Waals surface area contributed by atoms with E-state index in [-0.39, 0.29) is 23.0 Å². The summed E-state index contributed by atoms with van der Waals surface area (Å²) in [6.45, 7) is 10.7. The fourth-order valence-corrected chi connectivity index (χ4v) is 4.18. The van der Waals surface area contributed by atoms with Crippen molar-refractivity contribution >= 4 is 26.1 Å². The molecule has 0 aromatic rings. The molecule has 1 unspecified atom stereocenters. The van der Waals surface area contributed by atoms with Gasteiger partial charge in [-0.25, -0.2) is 0 Å². The van der Waals surface area contributed by atoms with Gasteiger partial charge in [-0.1, -0.05) is 20.8 Å². The van der Waals surface area contributed by atoms with Gasteiger partial charge in [0.2, 0.25) is 5.78 Å². The lowest BCUT2D eigenvalue weighted by molar-refractivity contribution is -0.140. The van der Waals surface area contributed by atoms with Crippen LogP contribution in [0.25, 0.3) is 5.53 Å². The Balaban J connectivity index is 3.00. The van der Waals surface area contributed by atoms with Gasteiger partial charge in [0.05, 0.1) is 0 Å². The number of carbonyl (C=O) groups is 2. The van der Waals surface area contributed by atoms with Crippen LogP contribution in [0.2, 0.25) is 18.1 Å². The summed E-state index contributed by atoms with van der Waals surface area (Å²) in [5.74, 6) is -0.156. The molecule has 124 valence electrons. The molecule has 0 N–H and O–H groups in total. The summed E-state index contributed by atoms with van der Waals surface area (Å²) < 4.78 is 6.50. The fourth-order valence-electron chi connectivity index (χ4n) is 2.58. The summed E-state index contributed by atoms with van der Waals surface area (Å²) in [6, 6.07) is 0. The fraction of sp³-hybridized carbons (Fsp3) is 0.812. The quantitative estimate of drug-likeness (QED) is 0.324. The number of nitrogens with zero attached hydrogens (tertiary/aromatic N) is 2. The minimum absolute atomic E-state index is 0.00823. The smallest absolute Gasteiger partial charge is 0.323 e. The largest absolute Gasteiger partial charge is 0.404 e. The lowest BCUT2D eigenvalue weighted by atomic mass is 9.80. The van der Waals surface area contributed by atoms with Crippen LogP contribution < -0.4 is 0 Å². The normalized spacial score (nSPS) is 23.0. The van der Waals surface area contributed by atoms with Crippen LogP contribution >= 0.6 is 0 Å². The van der Waals surface area contributed by atoms with Crippen molar-refractivity contribution in [1.82, 2.24) is 0 Å². The molecular weight excluding hydrogens is 296 g/mol. The van der Waals surface area contributed by atoms with Crippen LogP contribution in [0, 0.1) is 0 Å². The van der Waals surface area contributed by atoms with Crippen molar-refractivity contribution < 1.29 is 18.8 Å². The first-order valence-corrected chi connectivity index (χ1v) is 10.9. The SMILES string of the molecule is CC(C)(C)[Si](C)(C)OC1(CCC(=O)C=[N+]=[N-])CCCCC1=O. The predicted octanol–water partition coefficient (Wildman–Crippen LogP) is 3.54. The van der Waals surface area contributed by atoms with Crippen molar-refractivity contribution in [3.05, 3.63) is 5.53 Å². The van der Waals surface area contributed by atoms with Gasteiger partial charge in [0.15, 0.2) is 14.1 Å². The molecule has 0 amide bonds. The maximum atomic E-state index is 12.6. The molecule has 0 saturated heterocycles. The van der Waals surface area contributed by atoms with Crippen LogP contribution in [0.4, 0.5) is 0 Å². The van der Waals surface area contributed by atoms with E-state index in [1.165, 1.54) is 0 Å². The molecule has 22 heavy (non-hydrogen) atoms. The molecule has 1 aliphatic rings. The van der Waals surface area contributed by atoms with Crippen molar-refractivity contribution in [1.29, 1.82) is 0 Å². The second-order valence-corrected chi connectivity index (χ2v) is 12.4. The highest BCUT2D eigenvalue weighted by Gasteiger charge is 2.49. The number of hydrogen-bond donors (Lipinski definition) is 0. The summed E-state index contributed by atoms with van der Waals surface area (Å²) in [6.07, 6.45) is 4.50. The number of Topliss-reactive ketones (excluding diaryl/α,β-unsaturated/α-hetero) is 2. The molecule has 1 rings (SSSR count). The highest BCUT2D eigenvalue weighted by atomic mass is 28.4. The Morgan fingerprint density at radius 1 is 1.41 bits per heavy atom. The lowest BCUT2D eigenvalue weighted by Gasteiger charge is -2.46. The molecule has 1 saturated carbocycles. The summed E-state index contributed by atoms with van der Waals surface area (Å²) >= 11 is 0. The van der Waals surface area contributed by atoms with Crippen molar-refractivity contribution in [2.75, 3.05) is 0 Å². The van der Waals surface area contributed by atoms with E-state index in [1.807, 2.05) is 0 Å². The summed E-state index contributed by atoms with van der Waals surface area (Å²) in [5, 5.41) is 0.00823. The van der Waals surface area contributed by atoms with Crippen molar-refractivity contribution in [2.24, 2.45) is 0 Å². The molecule has 0 aliphatic heterocycles. The van der Waals surface area contributed by atoms with Gasteiger partial charge in [0, 0.05) is 12.8 Å². The molecule has 1 atom stereocenters. The number of carbonyl (C=O) groups excluding carboxylic acids is 2. The zero-order chi connectivity index (χ0) is 17.0. The number of hydrogen-bond acceptors (Lipinski definition) is 3. The van der Waals surface area contributed by atoms with E-state index in [1.54, 1.807) is 0 Å². The van der Waals surface area contributed by atoms with E-state index in [4.69, 9.17) is 9.96 Å². The van der Waals surface area contributed by atoms with Crippen LogP contribution in [0.1, 0.15) is 59.3 Å². The van der Waals surface area contributed by atoms with Gasteiger partial charge in [-0.05, 0) is 43.8 Å². The molecule has 0 aromatic carbocycles. The summed E-state index contributed by atoms with van der Waals surface area (Å²) in [4.78, 5) is 27.0. The zero-order valence-electron chi connectivity index (χ0n) is 14.4. The summed E-state index contributed by atoms with van der Waals surface area (Å²) in [5.41, 5.74) is 7.61. The van der Waals surface area contributed by atoms with Gasteiger partial charge < -0.3 is 9.96 Å². The molecule has 1 aliphatic carbocycles. The van der Waals surface area contributed by atoms with E-state index in [0.717, 1.165) is 19.1 Å². The molecular formula is C16H28N2O3Si. The average molecular weight is 324 g/mol. The van der Waals surface area contributed by atoms with Gasteiger partial charge in [-0.15, -0.1) is 0 Å². The van der Waals surface area contributed by atoms with Gasteiger partial charge >= 0.3 is 6.21 Å². The van der Waals surface area contributed by atoms with E-state index < -0.39 is 13.9 Å². The van der Waals surface area contributed by atoms with Gasteiger partial charge in [-0.3, -0.25) is 9.59 Å². The predicted molar refractivity (Wildman–Crippen MR) is 88.4 cm³/mol. The second kappa shape index (κ2) is 6.98. The Hall–Kier alpha value is -1.10. The Kier molecular flexibility index (Phi) is 6.01. The third kappa shape index (κ3) is 4.45. The minimum Gasteiger partial charge on any atom is -0.404 e. The van der Waals surface area contributed by atoms with Gasteiger partial charge in [0.1, 0.15) is 5.60 Å². The number of ketones is 2. The molecule has 0 spiro atoms. The maximum absolute atomic E-state index is 12.6. The first kappa shape index (κ1) is 18.9. The molecule has 5 nitrogen and oxygen atoms in total. The third-order valence-electron chi connectivity index (χ3n) is 4.98. The van der Waals surface area contributed by atoms with Gasteiger partial charge in [-0.2, -0.15) is 4.79 Å². The van der Waals surface area contributed by atoms with Crippen molar-refractivity contribution in [3.63, 3.8) is 0 Å². The Morgan fingerprint density at radius 2 is 2.05 bits per heavy atom.